The summed E-state index contributed by atoms with van der Waals surface area (Å²) in [5.74, 6) is 0.617. The van der Waals surface area contributed by atoms with Crippen LogP contribution >= 0.6 is 0 Å². The van der Waals surface area contributed by atoms with Gasteiger partial charge in [-0.25, -0.2) is 0 Å². The van der Waals surface area contributed by atoms with Crippen molar-refractivity contribution in [2.24, 2.45) is 0 Å². The predicted octanol–water partition coefficient (Wildman–Crippen LogP) is 1.35. The quantitative estimate of drug-likeness (QED) is 0.618. The summed E-state index contributed by atoms with van der Waals surface area (Å²) >= 11 is 0. The average molecular weight is 267 g/mol. The molecule has 7 heteroatoms. The topological polar surface area (TPSA) is 88.7 Å². The van der Waals surface area contributed by atoms with Gasteiger partial charge in [0.2, 0.25) is 11.7 Å². The molecule has 1 heterocycles. The van der Waals surface area contributed by atoms with E-state index in [1.54, 1.807) is 0 Å². The molecule has 1 aromatic heterocycles. The third-order valence-corrected chi connectivity index (χ3v) is 3.36. The van der Waals surface area contributed by atoms with Crippen molar-refractivity contribution in [3.05, 3.63) is 22.2 Å². The Labute approximate surface area is 111 Å². The van der Waals surface area contributed by atoms with Gasteiger partial charge in [0.25, 0.3) is 0 Å². The maximum absolute atomic E-state index is 11.1. The lowest BCUT2D eigenvalue weighted by Gasteiger charge is -2.37. The van der Waals surface area contributed by atoms with Crippen molar-refractivity contribution in [3.63, 3.8) is 0 Å². The van der Waals surface area contributed by atoms with Gasteiger partial charge in [-0.2, -0.15) is 4.98 Å². The first-order valence-corrected chi connectivity index (χ1v) is 6.24. The molecule has 0 radical (unpaired) electrons. The van der Waals surface area contributed by atoms with E-state index in [2.05, 4.69) is 4.98 Å². The Morgan fingerprint density at radius 1 is 1.58 bits per heavy atom. The van der Waals surface area contributed by atoms with Crippen LogP contribution in [0.5, 0.6) is 5.88 Å². The number of methoxy groups -OCH3 is 1. The van der Waals surface area contributed by atoms with Crippen molar-refractivity contribution < 1.29 is 14.8 Å². The largest absolute Gasteiger partial charge is 0.481 e. The predicted molar refractivity (Wildman–Crippen MR) is 69.5 cm³/mol. The van der Waals surface area contributed by atoms with Crippen molar-refractivity contribution in [3.8, 4) is 5.88 Å². The fourth-order valence-corrected chi connectivity index (χ4v) is 2.16. The normalized spacial score (nSPS) is 14.8. The second-order valence-electron chi connectivity index (χ2n) is 4.46. The van der Waals surface area contributed by atoms with Crippen molar-refractivity contribution in [2.75, 3.05) is 25.2 Å². The Hall–Kier alpha value is -1.89. The van der Waals surface area contributed by atoms with Crippen molar-refractivity contribution in [1.82, 2.24) is 4.98 Å². The van der Waals surface area contributed by atoms with Gasteiger partial charge in [-0.15, -0.1) is 0 Å². The van der Waals surface area contributed by atoms with Crippen LogP contribution in [0.1, 0.15) is 19.3 Å². The molecule has 7 nitrogen and oxygen atoms in total. The number of rotatable bonds is 6. The van der Waals surface area contributed by atoms with E-state index in [4.69, 9.17) is 9.84 Å². The Bertz CT molecular complexity index is 462. The lowest BCUT2D eigenvalue weighted by atomic mass is 9.91. The van der Waals surface area contributed by atoms with E-state index in [0.29, 0.717) is 12.4 Å². The molecule has 0 aliphatic heterocycles. The van der Waals surface area contributed by atoms with E-state index in [1.807, 2.05) is 4.90 Å². The van der Waals surface area contributed by atoms with Crippen LogP contribution in [-0.4, -0.2) is 41.3 Å². The zero-order valence-electron chi connectivity index (χ0n) is 10.8. The molecular formula is C12H17N3O4. The van der Waals surface area contributed by atoms with Crippen LogP contribution in [0, 0.1) is 10.1 Å². The smallest absolute Gasteiger partial charge is 0.311 e. The third-order valence-electron chi connectivity index (χ3n) is 3.36. The zero-order chi connectivity index (χ0) is 13.8. The number of nitro groups is 1. The first-order valence-electron chi connectivity index (χ1n) is 6.24. The van der Waals surface area contributed by atoms with E-state index >= 15 is 0 Å². The molecule has 1 aliphatic rings. The van der Waals surface area contributed by atoms with Crippen LogP contribution in [0.4, 0.5) is 11.5 Å². The van der Waals surface area contributed by atoms with E-state index in [-0.39, 0.29) is 24.2 Å². The van der Waals surface area contributed by atoms with E-state index in [9.17, 15) is 10.1 Å². The molecule has 0 atom stereocenters. The van der Waals surface area contributed by atoms with Gasteiger partial charge in [0.05, 0.1) is 18.6 Å². The molecule has 1 aliphatic carbocycles. The third kappa shape index (κ3) is 2.76. The van der Waals surface area contributed by atoms with Gasteiger partial charge in [-0.05, 0) is 19.3 Å². The number of anilines is 1. The number of aliphatic hydroxyl groups is 1. The maximum Gasteiger partial charge on any atom is 0.311 e. The van der Waals surface area contributed by atoms with Gasteiger partial charge in [0, 0.05) is 24.7 Å². The van der Waals surface area contributed by atoms with E-state index < -0.39 is 4.92 Å². The second-order valence-corrected chi connectivity index (χ2v) is 4.46. The van der Waals surface area contributed by atoms with Crippen molar-refractivity contribution >= 4 is 11.5 Å². The molecule has 1 saturated carbocycles. The van der Waals surface area contributed by atoms with Gasteiger partial charge in [0.15, 0.2) is 0 Å². The van der Waals surface area contributed by atoms with Gasteiger partial charge in [-0.3, -0.25) is 10.1 Å². The minimum absolute atomic E-state index is 0.0545. The molecule has 0 spiro atoms. The molecule has 1 fully saturated rings. The van der Waals surface area contributed by atoms with E-state index in [0.717, 1.165) is 19.3 Å². The molecule has 19 heavy (non-hydrogen) atoms. The summed E-state index contributed by atoms with van der Waals surface area (Å²) < 4.78 is 5.03. The summed E-state index contributed by atoms with van der Waals surface area (Å²) in [5.41, 5.74) is -0.0545. The second kappa shape index (κ2) is 5.83. The number of hydrogen-bond donors (Lipinski definition) is 1. The summed E-state index contributed by atoms with van der Waals surface area (Å²) in [5, 5.41) is 20.2. The van der Waals surface area contributed by atoms with Crippen LogP contribution in [0.2, 0.25) is 0 Å². The number of aromatic nitrogens is 1. The first-order chi connectivity index (χ1) is 9.17. The molecule has 0 saturated heterocycles. The molecule has 104 valence electrons. The van der Waals surface area contributed by atoms with Gasteiger partial charge < -0.3 is 14.7 Å². The Kier molecular flexibility index (Phi) is 4.16. The van der Waals surface area contributed by atoms with Crippen molar-refractivity contribution in [1.29, 1.82) is 0 Å². The number of nitrogens with zero attached hydrogens (tertiary/aromatic N) is 3. The number of ether oxygens (including phenoxy) is 1. The average Bonchev–Trinajstić information content (AvgIpc) is 2.35. The van der Waals surface area contributed by atoms with Crippen molar-refractivity contribution in [2.45, 2.75) is 25.3 Å². The SMILES string of the molecule is COc1ccc([N+](=O)[O-])c(N(CCO)C2CCC2)n1. The molecule has 0 unspecified atom stereocenters. The summed E-state index contributed by atoms with van der Waals surface area (Å²) in [4.78, 5) is 16.6. The molecule has 0 bridgehead atoms. The maximum atomic E-state index is 11.1. The molecular weight excluding hydrogens is 250 g/mol. The minimum Gasteiger partial charge on any atom is -0.481 e. The zero-order valence-corrected chi connectivity index (χ0v) is 10.8. The summed E-state index contributed by atoms with van der Waals surface area (Å²) in [7, 11) is 1.47. The summed E-state index contributed by atoms with van der Waals surface area (Å²) in [6, 6.07) is 3.08. The molecule has 1 N–H and O–H groups in total. The number of aliphatic hydroxyl groups excluding tert-OH is 1. The molecule has 2 rings (SSSR count). The minimum atomic E-state index is -0.454. The summed E-state index contributed by atoms with van der Waals surface area (Å²) in [6.45, 7) is 0.276. The monoisotopic (exact) mass is 267 g/mol. The van der Waals surface area contributed by atoms with Crippen LogP contribution in [0.3, 0.4) is 0 Å². The Morgan fingerprint density at radius 3 is 2.79 bits per heavy atom. The Morgan fingerprint density at radius 2 is 2.32 bits per heavy atom. The standard InChI is InChI=1S/C12H17N3O4/c1-19-11-6-5-10(15(17)18)12(13-11)14(7-8-16)9-3-2-4-9/h5-6,9,16H,2-4,7-8H2,1H3. The van der Waals surface area contributed by atoms with Crippen LogP contribution < -0.4 is 9.64 Å². The highest BCUT2D eigenvalue weighted by Gasteiger charge is 2.31. The summed E-state index contributed by atoms with van der Waals surface area (Å²) in [6.07, 6.45) is 3.04. The van der Waals surface area contributed by atoms with Crippen LogP contribution in [-0.2, 0) is 0 Å². The highest BCUT2D eigenvalue weighted by atomic mass is 16.6. The molecule has 1 aromatic rings. The first kappa shape index (κ1) is 13.5. The molecule has 0 aromatic carbocycles. The fourth-order valence-electron chi connectivity index (χ4n) is 2.16. The molecule has 0 amide bonds. The van der Waals surface area contributed by atoms with Gasteiger partial charge in [-0.1, -0.05) is 0 Å². The van der Waals surface area contributed by atoms with Gasteiger partial charge >= 0.3 is 5.69 Å². The number of hydrogen-bond acceptors (Lipinski definition) is 6. The van der Waals surface area contributed by atoms with Crippen LogP contribution in [0.25, 0.3) is 0 Å². The van der Waals surface area contributed by atoms with E-state index in [1.165, 1.54) is 19.2 Å². The highest BCUT2D eigenvalue weighted by molar-refractivity contribution is 5.59. The lowest BCUT2D eigenvalue weighted by Crippen LogP contribution is -2.42. The van der Waals surface area contributed by atoms with Crippen LogP contribution in [0.15, 0.2) is 12.1 Å². The lowest BCUT2D eigenvalue weighted by molar-refractivity contribution is -0.384. The highest BCUT2D eigenvalue weighted by Crippen LogP contribution is 2.34. The number of pyridine rings is 1. The fraction of sp³-hybridized carbons (Fsp3) is 0.583. The van der Waals surface area contributed by atoms with Gasteiger partial charge in [0.1, 0.15) is 0 Å². The Balaban J connectivity index is 2.39.